The first kappa shape index (κ1) is 16.8. The van der Waals surface area contributed by atoms with Gasteiger partial charge in [0.1, 0.15) is 6.04 Å². The minimum Gasteiger partial charge on any atom is -0.480 e. The van der Waals surface area contributed by atoms with Gasteiger partial charge in [0, 0.05) is 10.2 Å². The maximum absolute atomic E-state index is 11.8. The van der Waals surface area contributed by atoms with Crippen LogP contribution in [0.2, 0.25) is 5.02 Å². The Kier molecular flexibility index (Phi) is 6.29. The van der Waals surface area contributed by atoms with Gasteiger partial charge in [-0.15, -0.1) is 0 Å². The largest absolute Gasteiger partial charge is 0.480 e. The van der Waals surface area contributed by atoms with E-state index in [1.165, 1.54) is 0 Å². The second kappa shape index (κ2) is 7.50. The van der Waals surface area contributed by atoms with E-state index in [4.69, 9.17) is 16.7 Å². The lowest BCUT2D eigenvalue weighted by atomic mass is 10.0. The molecule has 1 aromatic carbocycles. The van der Waals surface area contributed by atoms with Crippen molar-refractivity contribution in [3.05, 3.63) is 27.7 Å². The number of benzene rings is 1. The Labute approximate surface area is 130 Å². The van der Waals surface area contributed by atoms with Crippen molar-refractivity contribution in [3.63, 3.8) is 0 Å². The maximum atomic E-state index is 11.8. The molecule has 1 aromatic rings. The van der Waals surface area contributed by atoms with Crippen molar-refractivity contribution in [2.75, 3.05) is 5.32 Å². The first-order valence-electron chi connectivity index (χ1n) is 6.05. The summed E-state index contributed by atoms with van der Waals surface area (Å²) in [6.07, 6.45) is 0.368. The molecule has 5 nitrogen and oxygen atoms in total. The number of aliphatic carboxylic acids is 1. The molecule has 0 fully saturated rings. The summed E-state index contributed by atoms with van der Waals surface area (Å²) < 4.78 is 0.647. The van der Waals surface area contributed by atoms with Crippen LogP contribution in [0.3, 0.4) is 0 Å². The standard InChI is InChI=1S/C13H16BrClN2O3/c1-7(2)5-11(12(18)19)17-13(20)16-8-3-4-10(15)9(14)6-8/h3-4,6-7,11H,5H2,1-2H3,(H,18,19)(H2,16,17,20). The number of rotatable bonds is 5. The number of hydrogen-bond donors (Lipinski definition) is 3. The van der Waals surface area contributed by atoms with Crippen LogP contribution in [0.4, 0.5) is 10.5 Å². The molecule has 1 atom stereocenters. The molecule has 1 rings (SSSR count). The topological polar surface area (TPSA) is 78.4 Å². The number of carbonyl (C=O) groups is 2. The van der Waals surface area contributed by atoms with Crippen molar-refractivity contribution < 1.29 is 14.7 Å². The number of hydrogen-bond acceptors (Lipinski definition) is 2. The molecule has 0 heterocycles. The molecular formula is C13H16BrClN2O3. The highest BCUT2D eigenvalue weighted by Gasteiger charge is 2.21. The average molecular weight is 364 g/mol. The third-order valence-electron chi connectivity index (χ3n) is 2.49. The van der Waals surface area contributed by atoms with Crippen molar-refractivity contribution in [2.45, 2.75) is 26.3 Å². The zero-order chi connectivity index (χ0) is 15.3. The van der Waals surface area contributed by atoms with E-state index in [-0.39, 0.29) is 5.92 Å². The Morgan fingerprint density at radius 1 is 1.40 bits per heavy atom. The number of anilines is 1. The fraction of sp³-hybridized carbons (Fsp3) is 0.385. The summed E-state index contributed by atoms with van der Waals surface area (Å²) in [5.74, 6) is -0.882. The summed E-state index contributed by atoms with van der Waals surface area (Å²) in [5.41, 5.74) is 0.521. The predicted octanol–water partition coefficient (Wildman–Crippen LogP) is 3.72. The molecule has 2 amide bonds. The Hall–Kier alpha value is -1.27. The highest BCUT2D eigenvalue weighted by atomic mass is 79.9. The van der Waals surface area contributed by atoms with Crippen LogP contribution in [-0.4, -0.2) is 23.1 Å². The second-order valence-electron chi connectivity index (χ2n) is 4.75. The Morgan fingerprint density at radius 3 is 2.55 bits per heavy atom. The molecule has 0 bridgehead atoms. The minimum absolute atomic E-state index is 0.168. The van der Waals surface area contributed by atoms with Crippen LogP contribution in [0.25, 0.3) is 0 Å². The van der Waals surface area contributed by atoms with E-state index in [1.54, 1.807) is 18.2 Å². The van der Waals surface area contributed by atoms with E-state index in [2.05, 4.69) is 26.6 Å². The van der Waals surface area contributed by atoms with Crippen LogP contribution in [0.5, 0.6) is 0 Å². The molecule has 110 valence electrons. The molecule has 3 N–H and O–H groups in total. The summed E-state index contributed by atoms with van der Waals surface area (Å²) in [7, 11) is 0. The number of amides is 2. The highest BCUT2D eigenvalue weighted by molar-refractivity contribution is 9.10. The lowest BCUT2D eigenvalue weighted by Crippen LogP contribution is -2.43. The smallest absolute Gasteiger partial charge is 0.326 e. The van der Waals surface area contributed by atoms with Gasteiger partial charge in [-0.05, 0) is 46.5 Å². The quantitative estimate of drug-likeness (QED) is 0.746. The molecule has 0 aliphatic rings. The summed E-state index contributed by atoms with van der Waals surface area (Å²) in [5, 5.41) is 14.6. The lowest BCUT2D eigenvalue weighted by molar-refractivity contribution is -0.139. The van der Waals surface area contributed by atoms with Crippen molar-refractivity contribution in [1.29, 1.82) is 0 Å². The maximum Gasteiger partial charge on any atom is 0.326 e. The number of urea groups is 1. The van der Waals surface area contributed by atoms with Crippen LogP contribution in [0, 0.1) is 5.92 Å². The normalized spacial score (nSPS) is 12.1. The summed E-state index contributed by atoms with van der Waals surface area (Å²) in [4.78, 5) is 22.8. The van der Waals surface area contributed by atoms with E-state index in [0.717, 1.165) is 0 Å². The predicted molar refractivity (Wildman–Crippen MR) is 82.2 cm³/mol. The summed E-state index contributed by atoms with van der Waals surface area (Å²) in [6, 6.07) is 3.42. The van der Waals surface area contributed by atoms with E-state index in [9.17, 15) is 9.59 Å². The number of halogens is 2. The molecule has 20 heavy (non-hydrogen) atoms. The molecule has 7 heteroatoms. The van der Waals surface area contributed by atoms with Gasteiger partial charge in [-0.3, -0.25) is 0 Å². The Balaban J connectivity index is 2.65. The fourth-order valence-corrected chi connectivity index (χ4v) is 2.09. The zero-order valence-electron chi connectivity index (χ0n) is 11.1. The van der Waals surface area contributed by atoms with Crippen molar-refractivity contribution in [3.8, 4) is 0 Å². The molecule has 0 aliphatic heterocycles. The molecule has 0 radical (unpaired) electrons. The highest BCUT2D eigenvalue weighted by Crippen LogP contribution is 2.25. The zero-order valence-corrected chi connectivity index (χ0v) is 13.5. The molecular weight excluding hydrogens is 348 g/mol. The van der Waals surface area contributed by atoms with Crippen molar-refractivity contribution >= 4 is 45.2 Å². The third kappa shape index (κ3) is 5.38. The van der Waals surface area contributed by atoms with Crippen molar-refractivity contribution in [2.24, 2.45) is 5.92 Å². The molecule has 0 spiro atoms. The number of carbonyl (C=O) groups excluding carboxylic acids is 1. The van der Waals surface area contributed by atoms with E-state index >= 15 is 0 Å². The van der Waals surface area contributed by atoms with Crippen LogP contribution in [0.15, 0.2) is 22.7 Å². The van der Waals surface area contributed by atoms with Gasteiger partial charge in [-0.1, -0.05) is 25.4 Å². The second-order valence-corrected chi connectivity index (χ2v) is 6.01. The molecule has 0 aromatic heterocycles. The number of carboxylic acids is 1. The van der Waals surface area contributed by atoms with Gasteiger partial charge < -0.3 is 15.7 Å². The van der Waals surface area contributed by atoms with Gasteiger partial charge in [-0.2, -0.15) is 0 Å². The van der Waals surface area contributed by atoms with Crippen LogP contribution in [0.1, 0.15) is 20.3 Å². The number of nitrogens with one attached hydrogen (secondary N) is 2. The number of carboxylic acid groups (broad SMARTS) is 1. The molecule has 1 unspecified atom stereocenters. The SMILES string of the molecule is CC(C)CC(NC(=O)Nc1ccc(Cl)c(Br)c1)C(=O)O. The van der Waals surface area contributed by atoms with Crippen molar-refractivity contribution in [1.82, 2.24) is 5.32 Å². The van der Waals surface area contributed by atoms with Crippen LogP contribution >= 0.6 is 27.5 Å². The summed E-state index contributed by atoms with van der Waals surface area (Å²) in [6.45, 7) is 3.79. The average Bonchev–Trinajstić information content (AvgIpc) is 2.32. The molecule has 0 aliphatic carbocycles. The lowest BCUT2D eigenvalue weighted by Gasteiger charge is -2.17. The molecule has 0 saturated carbocycles. The third-order valence-corrected chi connectivity index (χ3v) is 3.70. The Morgan fingerprint density at radius 2 is 2.05 bits per heavy atom. The van der Waals surface area contributed by atoms with Gasteiger partial charge in [0.15, 0.2) is 0 Å². The van der Waals surface area contributed by atoms with Gasteiger partial charge in [0.25, 0.3) is 0 Å². The molecule has 0 saturated heterocycles. The minimum atomic E-state index is -1.05. The van der Waals surface area contributed by atoms with E-state index < -0.39 is 18.0 Å². The van der Waals surface area contributed by atoms with Crippen LogP contribution < -0.4 is 10.6 Å². The first-order valence-corrected chi connectivity index (χ1v) is 7.22. The van der Waals surface area contributed by atoms with Gasteiger partial charge >= 0.3 is 12.0 Å². The summed E-state index contributed by atoms with van der Waals surface area (Å²) >= 11 is 9.09. The Bertz CT molecular complexity index is 508. The van der Waals surface area contributed by atoms with E-state index in [1.807, 2.05) is 13.8 Å². The monoisotopic (exact) mass is 362 g/mol. The van der Waals surface area contributed by atoms with Gasteiger partial charge in [-0.25, -0.2) is 9.59 Å². The van der Waals surface area contributed by atoms with E-state index in [0.29, 0.717) is 21.6 Å². The van der Waals surface area contributed by atoms with Crippen LogP contribution in [-0.2, 0) is 4.79 Å². The van der Waals surface area contributed by atoms with Gasteiger partial charge in [0.2, 0.25) is 0 Å². The fourth-order valence-electron chi connectivity index (χ4n) is 1.59. The van der Waals surface area contributed by atoms with Gasteiger partial charge in [0.05, 0.1) is 5.02 Å². The first-order chi connectivity index (χ1) is 9.29.